The Morgan fingerprint density at radius 3 is 2.39 bits per heavy atom. The van der Waals surface area contributed by atoms with Crippen LogP contribution in [0.25, 0.3) is 11.0 Å². The zero-order valence-electron chi connectivity index (χ0n) is 18.2. The molecule has 4 aromatic rings. The van der Waals surface area contributed by atoms with Crippen LogP contribution in [-0.2, 0) is 4.79 Å². The van der Waals surface area contributed by atoms with E-state index in [0.29, 0.717) is 22.8 Å². The van der Waals surface area contributed by atoms with Gasteiger partial charge in [0.25, 0.3) is 0 Å². The van der Waals surface area contributed by atoms with Gasteiger partial charge in [0.1, 0.15) is 22.8 Å². The number of benzene rings is 3. The highest BCUT2D eigenvalue weighted by Crippen LogP contribution is 2.27. The Kier molecular flexibility index (Phi) is 6.59. The van der Waals surface area contributed by atoms with E-state index in [2.05, 4.69) is 10.6 Å². The molecule has 33 heavy (non-hydrogen) atoms. The molecule has 0 aliphatic rings. The Bertz CT molecular complexity index is 1220. The van der Waals surface area contributed by atoms with Crippen molar-refractivity contribution in [2.75, 3.05) is 0 Å². The van der Waals surface area contributed by atoms with E-state index in [4.69, 9.17) is 14.9 Å². The molecule has 1 heterocycles. The van der Waals surface area contributed by atoms with E-state index in [1.807, 2.05) is 79.7 Å². The fourth-order valence-electron chi connectivity index (χ4n) is 3.62. The van der Waals surface area contributed by atoms with Crippen molar-refractivity contribution in [3.63, 3.8) is 0 Å². The number of para-hydroxylation sites is 2. The van der Waals surface area contributed by atoms with Crippen LogP contribution >= 0.6 is 0 Å². The van der Waals surface area contributed by atoms with Crippen LogP contribution in [0.2, 0.25) is 0 Å². The molecule has 2 unspecified atom stereocenters. The van der Waals surface area contributed by atoms with Crippen molar-refractivity contribution < 1.29 is 18.7 Å². The van der Waals surface area contributed by atoms with Crippen molar-refractivity contribution in [3.8, 4) is 11.5 Å². The van der Waals surface area contributed by atoms with E-state index in [1.54, 1.807) is 12.1 Å². The molecule has 7 nitrogen and oxygen atoms in total. The van der Waals surface area contributed by atoms with E-state index in [9.17, 15) is 9.59 Å². The van der Waals surface area contributed by atoms with Crippen LogP contribution in [0.5, 0.6) is 11.5 Å². The highest BCUT2D eigenvalue weighted by molar-refractivity contribution is 5.80. The van der Waals surface area contributed by atoms with Gasteiger partial charge in [-0.2, -0.15) is 0 Å². The van der Waals surface area contributed by atoms with Crippen LogP contribution in [-0.4, -0.2) is 11.9 Å². The average Bonchev–Trinajstić information content (AvgIpc) is 3.24. The summed E-state index contributed by atoms with van der Waals surface area (Å²) in [5.74, 6) is 1.68. The molecule has 0 saturated heterocycles. The fraction of sp³-hybridized carbons (Fsp3) is 0.154. The lowest BCUT2D eigenvalue weighted by Gasteiger charge is -2.20. The molecule has 4 rings (SSSR count). The normalized spacial score (nSPS) is 12.6. The lowest BCUT2D eigenvalue weighted by molar-refractivity contribution is -0.122. The number of amides is 3. The van der Waals surface area contributed by atoms with Crippen molar-refractivity contribution in [2.24, 2.45) is 5.73 Å². The smallest absolute Gasteiger partial charge is 0.312 e. The maximum absolute atomic E-state index is 12.8. The van der Waals surface area contributed by atoms with Gasteiger partial charge in [-0.05, 0) is 48.9 Å². The molecular formula is C26H25N3O4. The van der Waals surface area contributed by atoms with E-state index in [0.717, 1.165) is 11.0 Å². The number of fused-ring (bicyclic) bond motifs is 1. The Labute approximate surface area is 191 Å². The van der Waals surface area contributed by atoms with Gasteiger partial charge in [0.05, 0.1) is 18.5 Å². The van der Waals surface area contributed by atoms with Gasteiger partial charge >= 0.3 is 6.03 Å². The largest absolute Gasteiger partial charge is 0.459 e. The number of carbonyl (C=O) groups excluding carboxylic acids is 2. The topological polar surface area (TPSA) is 107 Å². The Hall–Kier alpha value is -4.26. The standard InChI is InChI=1S/C26H25N3O4/c1-17(24-15-19-8-5-6-13-23(19)33-24)28-25(30)16-22(29-26(27)31)18-9-7-12-21(14-18)32-20-10-3-2-4-11-20/h2-15,17,22H,16H2,1H3,(H,28,30)(H3,27,29,31). The van der Waals surface area contributed by atoms with Gasteiger partial charge in [0.2, 0.25) is 5.91 Å². The van der Waals surface area contributed by atoms with Gasteiger partial charge in [-0.1, -0.05) is 48.5 Å². The van der Waals surface area contributed by atoms with Crippen molar-refractivity contribution in [2.45, 2.75) is 25.4 Å². The predicted octanol–water partition coefficient (Wildman–Crippen LogP) is 5.20. The van der Waals surface area contributed by atoms with Gasteiger partial charge in [0.15, 0.2) is 0 Å². The molecule has 3 aromatic carbocycles. The van der Waals surface area contributed by atoms with Crippen LogP contribution in [0.3, 0.4) is 0 Å². The Balaban J connectivity index is 1.46. The van der Waals surface area contributed by atoms with Crippen LogP contribution in [0.1, 0.15) is 36.8 Å². The molecule has 3 amide bonds. The predicted molar refractivity (Wildman–Crippen MR) is 126 cm³/mol. The Morgan fingerprint density at radius 2 is 1.64 bits per heavy atom. The second-order valence-electron chi connectivity index (χ2n) is 7.73. The Morgan fingerprint density at radius 1 is 0.909 bits per heavy atom. The zero-order valence-corrected chi connectivity index (χ0v) is 18.2. The van der Waals surface area contributed by atoms with Crippen molar-refractivity contribution in [3.05, 3.63) is 96.3 Å². The molecule has 0 radical (unpaired) electrons. The second-order valence-corrected chi connectivity index (χ2v) is 7.73. The lowest BCUT2D eigenvalue weighted by Crippen LogP contribution is -2.37. The first-order chi connectivity index (χ1) is 16.0. The summed E-state index contributed by atoms with van der Waals surface area (Å²) < 4.78 is 11.7. The third-order valence-corrected chi connectivity index (χ3v) is 5.19. The summed E-state index contributed by atoms with van der Waals surface area (Å²) in [4.78, 5) is 24.4. The van der Waals surface area contributed by atoms with Gasteiger partial charge < -0.3 is 25.5 Å². The molecule has 0 saturated carbocycles. The van der Waals surface area contributed by atoms with E-state index < -0.39 is 12.1 Å². The molecule has 1 aromatic heterocycles. The summed E-state index contributed by atoms with van der Waals surface area (Å²) in [5, 5.41) is 6.55. The summed E-state index contributed by atoms with van der Waals surface area (Å²) in [7, 11) is 0. The maximum atomic E-state index is 12.8. The van der Waals surface area contributed by atoms with Crippen molar-refractivity contribution in [1.29, 1.82) is 0 Å². The molecule has 2 atom stereocenters. The minimum atomic E-state index is -0.715. The van der Waals surface area contributed by atoms with Crippen LogP contribution in [0.4, 0.5) is 4.79 Å². The van der Waals surface area contributed by atoms with Gasteiger partial charge in [-0.15, -0.1) is 0 Å². The number of hydrogen-bond acceptors (Lipinski definition) is 4. The summed E-state index contributed by atoms with van der Waals surface area (Å²) in [6.07, 6.45) is 0.00228. The number of carbonyl (C=O) groups is 2. The number of hydrogen-bond donors (Lipinski definition) is 3. The molecule has 168 valence electrons. The van der Waals surface area contributed by atoms with Gasteiger partial charge in [0, 0.05) is 5.39 Å². The molecule has 4 N–H and O–H groups in total. The van der Waals surface area contributed by atoms with Crippen LogP contribution < -0.4 is 21.1 Å². The minimum Gasteiger partial charge on any atom is -0.459 e. The minimum absolute atomic E-state index is 0.00228. The molecular weight excluding hydrogens is 418 g/mol. The quantitative estimate of drug-likeness (QED) is 0.348. The molecule has 0 aliphatic carbocycles. The number of primary amides is 1. The molecule has 0 bridgehead atoms. The van der Waals surface area contributed by atoms with Crippen molar-refractivity contribution >= 4 is 22.9 Å². The number of urea groups is 1. The highest BCUT2D eigenvalue weighted by Gasteiger charge is 2.21. The molecule has 0 fully saturated rings. The summed E-state index contributed by atoms with van der Waals surface area (Å²) in [5.41, 5.74) is 6.84. The first-order valence-electron chi connectivity index (χ1n) is 10.6. The van der Waals surface area contributed by atoms with Gasteiger partial charge in [-0.25, -0.2) is 4.79 Å². The third-order valence-electron chi connectivity index (χ3n) is 5.19. The van der Waals surface area contributed by atoms with Crippen molar-refractivity contribution in [1.82, 2.24) is 10.6 Å². The number of furan rings is 1. The number of nitrogens with two attached hydrogens (primary N) is 1. The fourth-order valence-corrected chi connectivity index (χ4v) is 3.62. The van der Waals surface area contributed by atoms with E-state index >= 15 is 0 Å². The first kappa shape index (κ1) is 22.0. The van der Waals surface area contributed by atoms with Crippen LogP contribution in [0.15, 0.2) is 89.3 Å². The molecule has 0 spiro atoms. The van der Waals surface area contributed by atoms with E-state index in [1.165, 1.54) is 0 Å². The molecule has 7 heteroatoms. The lowest BCUT2D eigenvalue weighted by atomic mass is 10.0. The highest BCUT2D eigenvalue weighted by atomic mass is 16.5. The van der Waals surface area contributed by atoms with E-state index in [-0.39, 0.29) is 18.4 Å². The third kappa shape index (κ3) is 5.71. The number of ether oxygens (including phenoxy) is 1. The van der Waals surface area contributed by atoms with Crippen LogP contribution in [0, 0.1) is 0 Å². The summed E-state index contributed by atoms with van der Waals surface area (Å²) in [6, 6.07) is 24.5. The maximum Gasteiger partial charge on any atom is 0.312 e. The first-order valence-corrected chi connectivity index (χ1v) is 10.6. The monoisotopic (exact) mass is 443 g/mol. The molecule has 0 aliphatic heterocycles. The second kappa shape index (κ2) is 9.91. The summed E-state index contributed by atoms with van der Waals surface area (Å²) in [6.45, 7) is 1.85. The number of nitrogens with one attached hydrogen (secondary N) is 2. The average molecular weight is 444 g/mol. The summed E-state index contributed by atoms with van der Waals surface area (Å²) >= 11 is 0. The van der Waals surface area contributed by atoms with Gasteiger partial charge in [-0.3, -0.25) is 4.79 Å². The SMILES string of the molecule is CC(NC(=O)CC(NC(N)=O)c1cccc(Oc2ccccc2)c1)c1cc2ccccc2o1. The zero-order chi connectivity index (χ0) is 23.2. The number of rotatable bonds is 8.